The van der Waals surface area contributed by atoms with Crippen molar-refractivity contribution in [3.63, 3.8) is 0 Å². The Labute approximate surface area is 205 Å². The number of aromatic nitrogens is 2. The summed E-state index contributed by atoms with van der Waals surface area (Å²) in [6, 6.07) is 3.52. The van der Waals surface area contributed by atoms with Gasteiger partial charge in [-0.1, -0.05) is 0 Å². The minimum Gasteiger partial charge on any atom is -0.386 e. The molecule has 4 N–H and O–H groups in total. The summed E-state index contributed by atoms with van der Waals surface area (Å²) >= 11 is 0. The first-order valence-electron chi connectivity index (χ1n) is 12.1. The number of nitrogens with zero attached hydrogens (tertiary/aromatic N) is 4. The molecular formula is C25H35F2N7O. The SMILES string of the molecule is CNC(=O)N1CCC(NC(C)C)=C(C(N)N2CCCc3cc(-c4cnn(C)c4)c(C(F)F)cc32)C1. The number of amides is 2. The molecule has 1 unspecified atom stereocenters. The van der Waals surface area contributed by atoms with Crippen molar-refractivity contribution >= 4 is 11.7 Å². The van der Waals surface area contributed by atoms with Crippen molar-refractivity contribution in [1.29, 1.82) is 0 Å². The molecule has 8 nitrogen and oxygen atoms in total. The summed E-state index contributed by atoms with van der Waals surface area (Å²) in [7, 11) is 3.38. The number of nitrogens with one attached hydrogen (secondary N) is 2. The number of halogens is 2. The van der Waals surface area contributed by atoms with Crippen LogP contribution >= 0.6 is 0 Å². The molecule has 0 fully saturated rings. The highest BCUT2D eigenvalue weighted by Gasteiger charge is 2.32. The smallest absolute Gasteiger partial charge is 0.317 e. The Balaban J connectivity index is 1.74. The largest absolute Gasteiger partial charge is 0.386 e. The Bertz CT molecular complexity index is 1110. The van der Waals surface area contributed by atoms with Crippen molar-refractivity contribution in [2.45, 2.75) is 51.7 Å². The maximum atomic E-state index is 14.2. The van der Waals surface area contributed by atoms with E-state index in [1.807, 2.05) is 11.0 Å². The number of carbonyl (C=O) groups is 1. The summed E-state index contributed by atoms with van der Waals surface area (Å²) in [5, 5.41) is 10.3. The Morgan fingerprint density at radius 2 is 1.97 bits per heavy atom. The molecule has 2 aliphatic heterocycles. The predicted octanol–water partition coefficient (Wildman–Crippen LogP) is 3.36. The topological polar surface area (TPSA) is 91.4 Å². The molecule has 1 atom stereocenters. The van der Waals surface area contributed by atoms with Crippen molar-refractivity contribution in [3.05, 3.63) is 46.9 Å². The molecule has 0 spiro atoms. The summed E-state index contributed by atoms with van der Waals surface area (Å²) in [6.45, 7) is 5.75. The first-order chi connectivity index (χ1) is 16.7. The zero-order chi connectivity index (χ0) is 25.3. The second kappa shape index (κ2) is 10.2. The summed E-state index contributed by atoms with van der Waals surface area (Å²) < 4.78 is 30.0. The van der Waals surface area contributed by atoms with Gasteiger partial charge in [-0.2, -0.15) is 5.10 Å². The van der Waals surface area contributed by atoms with Crippen molar-refractivity contribution in [3.8, 4) is 11.1 Å². The lowest BCUT2D eigenvalue weighted by Crippen LogP contribution is -2.53. The molecule has 10 heteroatoms. The fraction of sp³-hybridized carbons (Fsp3) is 0.520. The lowest BCUT2D eigenvalue weighted by molar-refractivity contribution is 0.152. The van der Waals surface area contributed by atoms with Crippen LogP contribution < -0.4 is 21.3 Å². The number of anilines is 1. The molecule has 35 heavy (non-hydrogen) atoms. The quantitative estimate of drug-likeness (QED) is 0.581. The van der Waals surface area contributed by atoms with Gasteiger partial charge in [0.2, 0.25) is 0 Å². The fourth-order valence-electron chi connectivity index (χ4n) is 5.05. The monoisotopic (exact) mass is 487 g/mol. The van der Waals surface area contributed by atoms with E-state index >= 15 is 0 Å². The van der Waals surface area contributed by atoms with E-state index in [2.05, 4.69) is 29.6 Å². The summed E-state index contributed by atoms with van der Waals surface area (Å²) in [5.74, 6) is 0. The molecular weight excluding hydrogens is 452 g/mol. The Kier molecular flexibility index (Phi) is 7.30. The maximum absolute atomic E-state index is 14.2. The molecule has 4 rings (SSSR count). The van der Waals surface area contributed by atoms with Gasteiger partial charge in [0.1, 0.15) is 6.17 Å². The van der Waals surface area contributed by atoms with Gasteiger partial charge in [0.25, 0.3) is 6.43 Å². The molecule has 2 aliphatic rings. The Hall–Kier alpha value is -3.14. The van der Waals surface area contributed by atoms with Crippen LogP contribution in [0.3, 0.4) is 0 Å². The van der Waals surface area contributed by atoms with Crippen molar-refractivity contribution in [2.75, 3.05) is 31.6 Å². The van der Waals surface area contributed by atoms with Crippen LogP contribution in [-0.4, -0.2) is 59.6 Å². The average molecular weight is 488 g/mol. The molecule has 0 bridgehead atoms. The molecule has 0 aliphatic carbocycles. The van der Waals surface area contributed by atoms with E-state index in [-0.39, 0.29) is 17.6 Å². The first-order valence-corrected chi connectivity index (χ1v) is 12.1. The van der Waals surface area contributed by atoms with Gasteiger partial charge in [0.05, 0.1) is 6.20 Å². The van der Waals surface area contributed by atoms with Crippen LogP contribution in [0.1, 0.15) is 44.2 Å². The van der Waals surface area contributed by atoms with E-state index < -0.39 is 12.6 Å². The van der Waals surface area contributed by atoms with Crippen LogP contribution in [0.25, 0.3) is 11.1 Å². The van der Waals surface area contributed by atoms with Gasteiger partial charge < -0.3 is 26.2 Å². The summed E-state index contributed by atoms with van der Waals surface area (Å²) in [4.78, 5) is 16.1. The van der Waals surface area contributed by atoms with Crippen LogP contribution in [0.15, 0.2) is 35.8 Å². The third kappa shape index (κ3) is 5.12. The predicted molar refractivity (Wildman–Crippen MR) is 133 cm³/mol. The number of hydrogen-bond acceptors (Lipinski definition) is 5. The molecule has 0 radical (unpaired) electrons. The van der Waals surface area contributed by atoms with Gasteiger partial charge in [-0.3, -0.25) is 4.68 Å². The maximum Gasteiger partial charge on any atom is 0.317 e. The third-order valence-corrected chi connectivity index (χ3v) is 6.69. The fourth-order valence-corrected chi connectivity index (χ4v) is 5.05. The Morgan fingerprint density at radius 3 is 2.60 bits per heavy atom. The minimum atomic E-state index is -2.63. The van der Waals surface area contributed by atoms with E-state index in [4.69, 9.17) is 5.73 Å². The molecule has 1 aromatic carbocycles. The molecule has 0 saturated carbocycles. The summed E-state index contributed by atoms with van der Waals surface area (Å²) in [5.41, 5.74) is 11.7. The standard InChI is InChI=1S/C25H35F2N7O/c1-15(2)31-21-7-9-33(25(35)29-3)14-20(21)24(28)34-8-5-6-16-10-18(17-12-30-32(4)13-17)19(23(26)27)11-22(16)34/h10-13,15,23-24,31H,5-9,14,28H2,1-4H3,(H,29,35). The number of nitrogens with two attached hydrogens (primary N) is 1. The van der Waals surface area contributed by atoms with Crippen LogP contribution in [-0.2, 0) is 13.5 Å². The average Bonchev–Trinajstić information content (AvgIpc) is 3.27. The van der Waals surface area contributed by atoms with Gasteiger partial charge >= 0.3 is 6.03 Å². The Morgan fingerprint density at radius 1 is 1.20 bits per heavy atom. The first kappa shape index (κ1) is 25.0. The normalized spacial score (nSPS) is 17.2. The lowest BCUT2D eigenvalue weighted by Gasteiger charge is -2.41. The number of benzene rings is 1. The van der Waals surface area contributed by atoms with E-state index in [0.717, 1.165) is 35.4 Å². The second-order valence-corrected chi connectivity index (χ2v) is 9.54. The molecule has 3 heterocycles. The van der Waals surface area contributed by atoms with Gasteiger partial charge in [-0.25, -0.2) is 13.6 Å². The highest BCUT2D eigenvalue weighted by molar-refractivity contribution is 5.75. The zero-order valence-corrected chi connectivity index (χ0v) is 20.8. The van der Waals surface area contributed by atoms with Gasteiger partial charge in [0, 0.05) is 80.5 Å². The van der Waals surface area contributed by atoms with E-state index in [1.54, 1.807) is 42.1 Å². The molecule has 1 aromatic heterocycles. The number of aryl methyl sites for hydroxylation is 2. The van der Waals surface area contributed by atoms with Gasteiger partial charge in [-0.15, -0.1) is 0 Å². The van der Waals surface area contributed by atoms with Crippen LogP contribution in [0.2, 0.25) is 0 Å². The van der Waals surface area contributed by atoms with Crippen molar-refractivity contribution < 1.29 is 13.6 Å². The van der Waals surface area contributed by atoms with Gasteiger partial charge in [0.15, 0.2) is 0 Å². The molecule has 0 saturated heterocycles. The van der Waals surface area contributed by atoms with E-state index in [1.165, 1.54) is 0 Å². The van der Waals surface area contributed by atoms with Crippen molar-refractivity contribution in [1.82, 2.24) is 25.3 Å². The minimum absolute atomic E-state index is 0.0269. The highest BCUT2D eigenvalue weighted by atomic mass is 19.3. The number of rotatable bonds is 6. The van der Waals surface area contributed by atoms with Crippen LogP contribution in [0, 0.1) is 0 Å². The van der Waals surface area contributed by atoms with Crippen LogP contribution in [0.4, 0.5) is 19.3 Å². The number of hydrogen-bond donors (Lipinski definition) is 3. The highest BCUT2D eigenvalue weighted by Crippen LogP contribution is 2.40. The summed E-state index contributed by atoms with van der Waals surface area (Å²) in [6.07, 6.45) is 2.51. The molecule has 190 valence electrons. The number of carbonyl (C=O) groups excluding carboxylic acids is 1. The number of fused-ring (bicyclic) bond motifs is 1. The molecule has 2 amide bonds. The lowest BCUT2D eigenvalue weighted by atomic mass is 9.92. The second-order valence-electron chi connectivity index (χ2n) is 9.54. The van der Waals surface area contributed by atoms with Gasteiger partial charge in [-0.05, 0) is 49.9 Å². The van der Waals surface area contributed by atoms with E-state index in [9.17, 15) is 13.6 Å². The molecule has 2 aromatic rings. The third-order valence-electron chi connectivity index (χ3n) is 6.69. The number of urea groups is 1. The zero-order valence-electron chi connectivity index (χ0n) is 20.8. The van der Waals surface area contributed by atoms with E-state index in [0.29, 0.717) is 37.2 Å². The van der Waals surface area contributed by atoms with Crippen molar-refractivity contribution in [2.24, 2.45) is 12.8 Å². The van der Waals surface area contributed by atoms with Crippen LogP contribution in [0.5, 0.6) is 0 Å². The number of alkyl halides is 2.